The summed E-state index contributed by atoms with van der Waals surface area (Å²) in [5.74, 6) is 2.53. The van der Waals surface area contributed by atoms with Gasteiger partial charge in [-0.25, -0.2) is 0 Å². The van der Waals surface area contributed by atoms with Gasteiger partial charge in [-0.1, -0.05) is 89.9 Å². The summed E-state index contributed by atoms with van der Waals surface area (Å²) in [7, 11) is 0. The van der Waals surface area contributed by atoms with E-state index in [1.807, 2.05) is 0 Å². The monoisotopic (exact) mass is 492 g/mol. The normalized spacial score (nSPS) is 32.6. The lowest BCUT2D eigenvalue weighted by Crippen LogP contribution is -2.39. The van der Waals surface area contributed by atoms with Crippen LogP contribution in [0.5, 0.6) is 0 Å². The van der Waals surface area contributed by atoms with Crippen molar-refractivity contribution in [2.45, 2.75) is 136 Å². The Morgan fingerprint density at radius 1 is 0.806 bits per heavy atom. The number of aliphatic hydroxyl groups is 2. The average Bonchev–Trinajstić information content (AvgIpc) is 2.94. The standard InChI is InChI=1S/C34H52O2/c1-3-24-20-28(22-30(32(24)35)26-14-8-5-9-15-26)34(18-12-7-13-19-34)29-21-25(4-2)33(36)31(23-29)27-16-10-6-11-17-27/h20-22,24,26-27,29,32,35-36H,3-19,23H2,1-2H3. The van der Waals surface area contributed by atoms with Crippen molar-refractivity contribution in [1.29, 1.82) is 0 Å². The number of allylic oxidation sites excluding steroid dienone is 5. The molecule has 0 aromatic carbocycles. The fourth-order valence-electron chi connectivity index (χ4n) is 8.76. The second kappa shape index (κ2) is 11.6. The molecule has 3 unspecified atom stereocenters. The summed E-state index contributed by atoms with van der Waals surface area (Å²) in [6.45, 7) is 4.48. The van der Waals surface area contributed by atoms with E-state index in [0.29, 0.717) is 23.5 Å². The number of rotatable bonds is 6. The van der Waals surface area contributed by atoms with E-state index < -0.39 is 0 Å². The minimum atomic E-state index is -0.294. The Kier molecular flexibility index (Phi) is 8.50. The van der Waals surface area contributed by atoms with Gasteiger partial charge in [-0.3, -0.25) is 0 Å². The largest absolute Gasteiger partial charge is 0.508 e. The zero-order valence-electron chi connectivity index (χ0n) is 23.2. The van der Waals surface area contributed by atoms with Crippen LogP contribution in [0.4, 0.5) is 0 Å². The first-order chi connectivity index (χ1) is 17.6. The van der Waals surface area contributed by atoms with Crippen LogP contribution >= 0.6 is 0 Å². The second-order valence-corrected chi connectivity index (χ2v) is 12.9. The molecular weight excluding hydrogens is 440 g/mol. The van der Waals surface area contributed by atoms with Crippen LogP contribution in [0.15, 0.2) is 46.3 Å². The molecule has 2 N–H and O–H groups in total. The molecule has 3 atom stereocenters. The first-order valence-corrected chi connectivity index (χ1v) is 15.8. The molecule has 0 aromatic rings. The summed E-state index contributed by atoms with van der Waals surface area (Å²) < 4.78 is 0. The quantitative estimate of drug-likeness (QED) is 0.387. The minimum absolute atomic E-state index is 0.159. The van der Waals surface area contributed by atoms with Crippen molar-refractivity contribution in [2.75, 3.05) is 0 Å². The first kappa shape index (κ1) is 26.3. The summed E-state index contributed by atoms with van der Waals surface area (Å²) in [4.78, 5) is 0. The molecule has 36 heavy (non-hydrogen) atoms. The third-order valence-corrected chi connectivity index (χ3v) is 11.0. The average molecular weight is 493 g/mol. The van der Waals surface area contributed by atoms with E-state index in [0.717, 1.165) is 19.3 Å². The summed E-state index contributed by atoms with van der Waals surface area (Å²) in [5.41, 5.74) is 5.68. The molecule has 0 heterocycles. The van der Waals surface area contributed by atoms with Crippen LogP contribution in [-0.4, -0.2) is 16.3 Å². The van der Waals surface area contributed by atoms with Gasteiger partial charge in [0.25, 0.3) is 0 Å². The van der Waals surface area contributed by atoms with E-state index in [2.05, 4.69) is 32.1 Å². The molecule has 200 valence electrons. The Labute approximate surface area is 221 Å². The van der Waals surface area contributed by atoms with Crippen LogP contribution in [0.3, 0.4) is 0 Å². The van der Waals surface area contributed by atoms with E-state index in [-0.39, 0.29) is 17.4 Å². The lowest BCUT2D eigenvalue weighted by atomic mass is 9.56. The maximum atomic E-state index is 11.5. The highest BCUT2D eigenvalue weighted by Crippen LogP contribution is 2.56. The highest BCUT2D eigenvalue weighted by Gasteiger charge is 2.46. The van der Waals surface area contributed by atoms with Gasteiger partial charge in [-0.05, 0) is 97.8 Å². The van der Waals surface area contributed by atoms with Crippen molar-refractivity contribution in [3.05, 3.63) is 46.3 Å². The molecule has 0 spiro atoms. The Balaban J connectivity index is 1.54. The van der Waals surface area contributed by atoms with E-state index >= 15 is 0 Å². The Morgan fingerprint density at radius 3 is 2.03 bits per heavy atom. The van der Waals surface area contributed by atoms with Crippen LogP contribution in [0.2, 0.25) is 0 Å². The molecule has 3 fully saturated rings. The molecule has 0 amide bonds. The van der Waals surface area contributed by atoms with E-state index in [9.17, 15) is 10.2 Å². The third-order valence-electron chi connectivity index (χ3n) is 11.0. The molecule has 0 aliphatic heterocycles. The second-order valence-electron chi connectivity index (χ2n) is 12.9. The summed E-state index contributed by atoms with van der Waals surface area (Å²) in [5, 5.41) is 22.8. The van der Waals surface area contributed by atoms with E-state index in [4.69, 9.17) is 0 Å². The van der Waals surface area contributed by atoms with E-state index in [1.165, 1.54) is 113 Å². The summed E-state index contributed by atoms with van der Waals surface area (Å²) in [6, 6.07) is 0. The zero-order valence-corrected chi connectivity index (χ0v) is 23.2. The van der Waals surface area contributed by atoms with Gasteiger partial charge in [0.15, 0.2) is 0 Å². The lowest BCUT2D eigenvalue weighted by Gasteiger charge is -2.48. The molecule has 5 rings (SSSR count). The van der Waals surface area contributed by atoms with Gasteiger partial charge in [0.05, 0.1) is 6.10 Å². The maximum Gasteiger partial charge on any atom is 0.117 e. The van der Waals surface area contributed by atoms with Crippen LogP contribution < -0.4 is 0 Å². The summed E-state index contributed by atoms with van der Waals surface area (Å²) in [6.07, 6.45) is 29.7. The molecule has 5 aliphatic rings. The molecule has 0 aromatic heterocycles. The van der Waals surface area contributed by atoms with Gasteiger partial charge in [0.2, 0.25) is 0 Å². The maximum absolute atomic E-state index is 11.5. The minimum Gasteiger partial charge on any atom is -0.508 e. The van der Waals surface area contributed by atoms with Crippen molar-refractivity contribution in [3.8, 4) is 0 Å². The zero-order chi connectivity index (χ0) is 25.1. The van der Waals surface area contributed by atoms with Crippen molar-refractivity contribution in [3.63, 3.8) is 0 Å². The van der Waals surface area contributed by atoms with Crippen LogP contribution in [-0.2, 0) is 0 Å². The van der Waals surface area contributed by atoms with E-state index in [1.54, 1.807) is 5.57 Å². The number of hydrogen-bond donors (Lipinski definition) is 2. The SMILES string of the molecule is CCC1=CC(C2(C3=CC(CC)C(O)C(C4CCCCC4)=C3)CCCCC2)CC(C2CCCCC2)=C1O. The topological polar surface area (TPSA) is 40.5 Å². The third kappa shape index (κ3) is 5.05. The van der Waals surface area contributed by atoms with Gasteiger partial charge in [-0.15, -0.1) is 0 Å². The fourth-order valence-corrected chi connectivity index (χ4v) is 8.76. The summed E-state index contributed by atoms with van der Waals surface area (Å²) >= 11 is 0. The number of hydrogen-bond acceptors (Lipinski definition) is 2. The molecule has 0 saturated heterocycles. The predicted octanol–water partition coefficient (Wildman–Crippen LogP) is 9.52. The van der Waals surface area contributed by atoms with Gasteiger partial charge < -0.3 is 10.2 Å². The molecule has 2 nitrogen and oxygen atoms in total. The highest BCUT2D eigenvalue weighted by molar-refractivity contribution is 5.43. The number of aliphatic hydroxyl groups excluding tert-OH is 2. The van der Waals surface area contributed by atoms with Crippen molar-refractivity contribution >= 4 is 0 Å². The molecule has 0 bridgehead atoms. The molecular formula is C34H52O2. The Hall–Kier alpha value is -1.28. The first-order valence-electron chi connectivity index (χ1n) is 15.8. The fraction of sp³-hybridized carbons (Fsp3) is 0.765. The Morgan fingerprint density at radius 2 is 1.42 bits per heavy atom. The van der Waals surface area contributed by atoms with Crippen LogP contribution in [0.25, 0.3) is 0 Å². The molecule has 3 saturated carbocycles. The Bertz CT molecular complexity index is 884. The van der Waals surface area contributed by atoms with Crippen LogP contribution in [0.1, 0.15) is 129 Å². The predicted molar refractivity (Wildman–Crippen MR) is 151 cm³/mol. The van der Waals surface area contributed by atoms with Gasteiger partial charge in [0.1, 0.15) is 5.76 Å². The molecule has 5 aliphatic carbocycles. The van der Waals surface area contributed by atoms with Crippen molar-refractivity contribution in [1.82, 2.24) is 0 Å². The molecule has 0 radical (unpaired) electrons. The molecule has 2 heteroatoms. The van der Waals surface area contributed by atoms with Crippen molar-refractivity contribution in [2.24, 2.45) is 29.1 Å². The van der Waals surface area contributed by atoms with Gasteiger partial charge in [-0.2, -0.15) is 0 Å². The highest BCUT2D eigenvalue weighted by atomic mass is 16.3. The van der Waals surface area contributed by atoms with Crippen LogP contribution in [0, 0.1) is 29.1 Å². The van der Waals surface area contributed by atoms with Gasteiger partial charge in [0, 0.05) is 11.3 Å². The lowest BCUT2D eigenvalue weighted by molar-refractivity contribution is 0.129. The van der Waals surface area contributed by atoms with Gasteiger partial charge >= 0.3 is 0 Å². The smallest absolute Gasteiger partial charge is 0.117 e. The van der Waals surface area contributed by atoms with Crippen molar-refractivity contribution < 1.29 is 10.2 Å².